The zero-order chi connectivity index (χ0) is 13.1. The van der Waals surface area contributed by atoms with Crippen LogP contribution in [0.15, 0.2) is 23.1 Å². The van der Waals surface area contributed by atoms with Crippen LogP contribution in [-0.4, -0.2) is 33.1 Å². The van der Waals surface area contributed by atoms with Crippen molar-refractivity contribution in [2.75, 3.05) is 19.4 Å². The highest BCUT2D eigenvalue weighted by Crippen LogP contribution is 2.23. The summed E-state index contributed by atoms with van der Waals surface area (Å²) < 4.78 is 30.1. The van der Waals surface area contributed by atoms with Crippen molar-refractivity contribution in [1.29, 1.82) is 0 Å². The normalized spacial score (nSPS) is 11.1. The maximum absolute atomic E-state index is 11.7. The largest absolute Gasteiger partial charge is 0.497 e. The molecule has 0 aliphatic rings. The molecule has 0 aliphatic heterocycles. The molecule has 0 saturated carbocycles. The summed E-state index contributed by atoms with van der Waals surface area (Å²) in [7, 11) is -2.50. The standard InChI is InChI=1S/C9H12N2O5S/c1-16-6-2-3-8(7(10)4-6)17(14,15)11-5-9(12)13/h2-4,11H,5,10H2,1H3,(H,12,13). The van der Waals surface area contributed by atoms with Crippen LogP contribution in [0.4, 0.5) is 5.69 Å². The van der Waals surface area contributed by atoms with Crippen LogP contribution in [0.5, 0.6) is 5.75 Å². The Labute approximate surface area is 98.2 Å². The molecule has 8 heteroatoms. The van der Waals surface area contributed by atoms with E-state index in [4.69, 9.17) is 15.6 Å². The number of nitrogen functional groups attached to an aromatic ring is 1. The molecule has 94 valence electrons. The van der Waals surface area contributed by atoms with E-state index < -0.39 is 22.5 Å². The van der Waals surface area contributed by atoms with Gasteiger partial charge in [0.15, 0.2) is 0 Å². The first kappa shape index (κ1) is 13.3. The third-order valence-corrected chi connectivity index (χ3v) is 3.40. The Morgan fingerprint density at radius 2 is 2.18 bits per heavy atom. The van der Waals surface area contributed by atoms with Gasteiger partial charge in [0.2, 0.25) is 10.0 Å². The molecule has 7 nitrogen and oxygen atoms in total. The zero-order valence-corrected chi connectivity index (χ0v) is 9.82. The smallest absolute Gasteiger partial charge is 0.318 e. The Balaban J connectivity index is 3.03. The second-order valence-corrected chi connectivity index (χ2v) is 4.86. The number of anilines is 1. The van der Waals surface area contributed by atoms with Gasteiger partial charge in [0, 0.05) is 6.07 Å². The predicted molar refractivity (Wildman–Crippen MR) is 60.2 cm³/mol. The highest BCUT2D eigenvalue weighted by molar-refractivity contribution is 7.89. The molecule has 1 aromatic rings. The van der Waals surface area contributed by atoms with Gasteiger partial charge in [-0.15, -0.1) is 0 Å². The maximum Gasteiger partial charge on any atom is 0.318 e. The van der Waals surface area contributed by atoms with Gasteiger partial charge in [-0.25, -0.2) is 8.42 Å². The van der Waals surface area contributed by atoms with Crippen molar-refractivity contribution >= 4 is 21.7 Å². The van der Waals surface area contributed by atoms with Gasteiger partial charge in [-0.1, -0.05) is 0 Å². The molecular weight excluding hydrogens is 248 g/mol. The summed E-state index contributed by atoms with van der Waals surface area (Å²) in [5.41, 5.74) is 5.53. The number of rotatable bonds is 5. The van der Waals surface area contributed by atoms with Crippen LogP contribution in [0, 0.1) is 0 Å². The Morgan fingerprint density at radius 3 is 2.65 bits per heavy atom. The number of hydrogen-bond donors (Lipinski definition) is 3. The number of aliphatic carboxylic acids is 1. The summed E-state index contributed by atoms with van der Waals surface area (Å²) in [6.45, 7) is -0.701. The molecule has 0 aromatic heterocycles. The third-order valence-electron chi connectivity index (χ3n) is 1.92. The second kappa shape index (κ2) is 5.02. The number of methoxy groups -OCH3 is 1. The molecule has 0 saturated heterocycles. The lowest BCUT2D eigenvalue weighted by Gasteiger charge is -2.08. The topological polar surface area (TPSA) is 119 Å². The summed E-state index contributed by atoms with van der Waals surface area (Å²) in [6, 6.07) is 4.01. The molecule has 0 fully saturated rings. The highest BCUT2D eigenvalue weighted by atomic mass is 32.2. The minimum atomic E-state index is -3.92. The SMILES string of the molecule is COc1ccc(S(=O)(=O)NCC(=O)O)c(N)c1. The number of sulfonamides is 1. The molecule has 4 N–H and O–H groups in total. The molecule has 0 amide bonds. The number of nitrogens with one attached hydrogen (secondary N) is 1. The van der Waals surface area contributed by atoms with Gasteiger partial charge in [-0.2, -0.15) is 4.72 Å². The van der Waals surface area contributed by atoms with E-state index in [1.807, 2.05) is 4.72 Å². The lowest BCUT2D eigenvalue weighted by molar-refractivity contribution is -0.135. The molecule has 0 bridgehead atoms. The Kier molecular flexibility index (Phi) is 3.92. The van der Waals surface area contributed by atoms with E-state index in [1.165, 1.54) is 25.3 Å². The summed E-state index contributed by atoms with van der Waals surface area (Å²) in [5.74, 6) is -0.861. The first-order valence-corrected chi connectivity index (χ1v) is 6.00. The third kappa shape index (κ3) is 3.33. The fraction of sp³-hybridized carbons (Fsp3) is 0.222. The Morgan fingerprint density at radius 1 is 1.53 bits per heavy atom. The van der Waals surface area contributed by atoms with Crippen LogP contribution >= 0.6 is 0 Å². The lowest BCUT2D eigenvalue weighted by atomic mass is 10.3. The molecule has 0 radical (unpaired) electrons. The van der Waals surface area contributed by atoms with Crippen LogP contribution in [0.2, 0.25) is 0 Å². The quantitative estimate of drug-likeness (QED) is 0.622. The van der Waals surface area contributed by atoms with Crippen molar-refractivity contribution in [1.82, 2.24) is 4.72 Å². The molecule has 0 heterocycles. The highest BCUT2D eigenvalue weighted by Gasteiger charge is 2.18. The van der Waals surface area contributed by atoms with E-state index in [0.29, 0.717) is 5.75 Å². The van der Waals surface area contributed by atoms with Crippen LogP contribution in [-0.2, 0) is 14.8 Å². The fourth-order valence-corrected chi connectivity index (χ4v) is 2.22. The van der Waals surface area contributed by atoms with E-state index in [-0.39, 0.29) is 10.6 Å². The van der Waals surface area contributed by atoms with Crippen LogP contribution in [0.1, 0.15) is 0 Å². The van der Waals surface area contributed by atoms with E-state index in [0.717, 1.165) is 0 Å². The summed E-state index contributed by atoms with van der Waals surface area (Å²) in [4.78, 5) is 10.1. The van der Waals surface area contributed by atoms with Crippen molar-refractivity contribution in [3.05, 3.63) is 18.2 Å². The van der Waals surface area contributed by atoms with Crippen LogP contribution < -0.4 is 15.2 Å². The minimum absolute atomic E-state index is 0.0118. The van der Waals surface area contributed by atoms with Gasteiger partial charge in [0.05, 0.1) is 12.8 Å². The van der Waals surface area contributed by atoms with E-state index >= 15 is 0 Å². The molecular formula is C9H12N2O5S. The Hall–Kier alpha value is -1.80. The van der Waals surface area contributed by atoms with Gasteiger partial charge >= 0.3 is 5.97 Å². The van der Waals surface area contributed by atoms with Crippen molar-refractivity contribution in [3.8, 4) is 5.75 Å². The minimum Gasteiger partial charge on any atom is -0.497 e. The number of carbonyl (C=O) groups is 1. The number of nitrogens with two attached hydrogens (primary N) is 1. The van der Waals surface area contributed by atoms with E-state index in [9.17, 15) is 13.2 Å². The van der Waals surface area contributed by atoms with Crippen molar-refractivity contribution in [2.45, 2.75) is 4.90 Å². The number of ether oxygens (including phenoxy) is 1. The van der Waals surface area contributed by atoms with Crippen LogP contribution in [0.3, 0.4) is 0 Å². The first-order valence-electron chi connectivity index (χ1n) is 4.52. The van der Waals surface area contributed by atoms with Crippen molar-refractivity contribution < 1.29 is 23.1 Å². The zero-order valence-electron chi connectivity index (χ0n) is 9.00. The molecule has 0 unspecified atom stereocenters. The number of carboxylic acids is 1. The van der Waals surface area contributed by atoms with Crippen molar-refractivity contribution in [3.63, 3.8) is 0 Å². The average molecular weight is 260 g/mol. The van der Waals surface area contributed by atoms with Crippen molar-refractivity contribution in [2.24, 2.45) is 0 Å². The predicted octanol–water partition coefficient (Wildman–Crippen LogP) is -0.360. The summed E-state index contributed by atoms with van der Waals surface area (Å²) in [5, 5.41) is 8.40. The number of benzene rings is 1. The molecule has 1 aromatic carbocycles. The fourth-order valence-electron chi connectivity index (χ4n) is 1.13. The summed E-state index contributed by atoms with van der Waals surface area (Å²) in [6.07, 6.45) is 0. The van der Waals surface area contributed by atoms with Gasteiger partial charge in [0.1, 0.15) is 17.2 Å². The Bertz CT molecular complexity index is 526. The van der Waals surface area contributed by atoms with Gasteiger partial charge in [0.25, 0.3) is 0 Å². The molecule has 0 aliphatic carbocycles. The first-order chi connectivity index (χ1) is 7.86. The second-order valence-electron chi connectivity index (χ2n) is 3.12. The molecule has 0 atom stereocenters. The average Bonchev–Trinajstić information content (AvgIpc) is 2.26. The number of carboxylic acid groups (broad SMARTS) is 1. The van der Waals surface area contributed by atoms with E-state index in [1.54, 1.807) is 0 Å². The van der Waals surface area contributed by atoms with Gasteiger partial charge in [-0.3, -0.25) is 4.79 Å². The van der Waals surface area contributed by atoms with Gasteiger partial charge < -0.3 is 15.6 Å². The van der Waals surface area contributed by atoms with Crippen LogP contribution in [0.25, 0.3) is 0 Å². The molecule has 1 rings (SSSR count). The molecule has 17 heavy (non-hydrogen) atoms. The monoisotopic (exact) mass is 260 g/mol. The molecule has 0 spiro atoms. The number of hydrogen-bond acceptors (Lipinski definition) is 5. The maximum atomic E-state index is 11.7. The van der Waals surface area contributed by atoms with E-state index in [2.05, 4.69) is 0 Å². The van der Waals surface area contributed by atoms with Gasteiger partial charge in [-0.05, 0) is 12.1 Å². The summed E-state index contributed by atoms with van der Waals surface area (Å²) >= 11 is 0. The lowest BCUT2D eigenvalue weighted by Crippen LogP contribution is -2.29.